The van der Waals surface area contributed by atoms with Crippen LogP contribution in [0, 0.1) is 0 Å². The van der Waals surface area contributed by atoms with Crippen molar-refractivity contribution in [2.45, 2.75) is 41.0 Å². The molecule has 0 spiro atoms. The zero-order chi connectivity index (χ0) is 24.4. The molecule has 0 unspecified atom stereocenters. The predicted molar refractivity (Wildman–Crippen MR) is 135 cm³/mol. The molecule has 3 N–H and O–H groups in total. The Balaban J connectivity index is 0.000000822. The molecule has 1 heterocycles. The fourth-order valence-electron chi connectivity index (χ4n) is 2.26. The Labute approximate surface area is 192 Å². The maximum atomic E-state index is 10.6. The molecule has 1 amide bonds. The van der Waals surface area contributed by atoms with Gasteiger partial charge in [0.15, 0.2) is 0 Å². The van der Waals surface area contributed by atoms with Gasteiger partial charge in [-0.25, -0.2) is 0 Å². The monoisotopic (exact) mass is 444 g/mol. The van der Waals surface area contributed by atoms with Crippen molar-refractivity contribution in [1.82, 2.24) is 15.1 Å². The van der Waals surface area contributed by atoms with E-state index in [-0.39, 0.29) is 13.2 Å². The first-order valence-corrected chi connectivity index (χ1v) is 11.2. The lowest BCUT2D eigenvalue weighted by atomic mass is 10.1. The van der Waals surface area contributed by atoms with Gasteiger partial charge in [-0.2, -0.15) is 5.10 Å². The average Bonchev–Trinajstić information content (AvgIpc) is 3.24. The van der Waals surface area contributed by atoms with Crippen molar-refractivity contribution in [1.29, 1.82) is 0 Å². The van der Waals surface area contributed by atoms with Gasteiger partial charge < -0.3 is 20.1 Å². The summed E-state index contributed by atoms with van der Waals surface area (Å²) in [5.74, 6) is 0.695. The first-order valence-electron chi connectivity index (χ1n) is 11.2. The van der Waals surface area contributed by atoms with Crippen LogP contribution in [-0.4, -0.2) is 60.5 Å². The van der Waals surface area contributed by atoms with Crippen LogP contribution in [0.4, 0.5) is 5.69 Å². The number of aliphatic hydroxyl groups is 1. The molecule has 2 aromatic carbocycles. The number of ether oxygens (including phenoxy) is 1. The lowest BCUT2D eigenvalue weighted by Crippen LogP contribution is -2.08. The van der Waals surface area contributed by atoms with Gasteiger partial charge in [0.25, 0.3) is 0 Å². The summed E-state index contributed by atoms with van der Waals surface area (Å²) < 4.78 is 5.34. The van der Waals surface area contributed by atoms with Crippen LogP contribution in [-0.2, 0) is 4.79 Å². The number of carbonyl (C=O) groups excluding carboxylic acids is 1. The van der Waals surface area contributed by atoms with Gasteiger partial charge >= 0.3 is 0 Å². The number of benzene rings is 2. The molecule has 0 fully saturated rings. The third kappa shape index (κ3) is 10.4. The van der Waals surface area contributed by atoms with E-state index in [9.17, 15) is 4.79 Å². The summed E-state index contributed by atoms with van der Waals surface area (Å²) in [5.41, 5.74) is 3.35. The van der Waals surface area contributed by atoms with Crippen molar-refractivity contribution in [3.05, 3.63) is 42.5 Å². The highest BCUT2D eigenvalue weighted by Gasteiger charge is 2.09. The van der Waals surface area contributed by atoms with E-state index in [1.165, 1.54) is 6.42 Å². The Bertz CT molecular complexity index is 861. The maximum absolute atomic E-state index is 10.6. The zero-order valence-corrected chi connectivity index (χ0v) is 20.6. The molecule has 7 heteroatoms. The number of nitrogens with zero attached hydrogens (tertiary/aromatic N) is 2. The van der Waals surface area contributed by atoms with Crippen LogP contribution in [0.1, 0.15) is 41.0 Å². The fraction of sp³-hybridized carbons (Fsp3) is 0.440. The van der Waals surface area contributed by atoms with E-state index in [4.69, 9.17) is 9.84 Å². The molecule has 178 valence electrons. The standard InChI is InChI=1S/C16H15N3O3.C4H11N.C3H8.C2H6/c20-7-8-22-13-4-1-11(2-5-13)16-14-9-12(17-10-21)3-6-15(14)18-19-16;1-4-5(2)3;1-3-2;1-2/h1-6,9-10,20H,7-8H2,(H,17,21)(H,18,19);4H2,1-3H3;3H2,1-2H3;1-2H3. The third-order valence-electron chi connectivity index (χ3n) is 3.91. The van der Waals surface area contributed by atoms with Crippen LogP contribution in [0.25, 0.3) is 22.2 Å². The summed E-state index contributed by atoms with van der Waals surface area (Å²) in [6, 6.07) is 13.0. The van der Waals surface area contributed by atoms with Crippen molar-refractivity contribution in [2.75, 3.05) is 39.2 Å². The quantitative estimate of drug-likeness (QED) is 0.437. The number of aliphatic hydroxyl groups excluding tert-OH is 1. The summed E-state index contributed by atoms with van der Waals surface area (Å²) in [6.45, 7) is 11.8. The van der Waals surface area contributed by atoms with E-state index in [1.807, 2.05) is 56.3 Å². The first-order chi connectivity index (χ1) is 15.5. The molecule has 0 radical (unpaired) electrons. The number of hydrogen-bond acceptors (Lipinski definition) is 5. The maximum Gasteiger partial charge on any atom is 0.211 e. The van der Waals surface area contributed by atoms with Crippen molar-refractivity contribution < 1.29 is 14.6 Å². The number of aromatic amines is 1. The molecule has 0 aliphatic heterocycles. The van der Waals surface area contributed by atoms with Gasteiger partial charge in [0.1, 0.15) is 12.4 Å². The smallest absolute Gasteiger partial charge is 0.211 e. The van der Waals surface area contributed by atoms with Gasteiger partial charge in [0, 0.05) is 16.6 Å². The molecule has 0 saturated heterocycles. The summed E-state index contributed by atoms with van der Waals surface area (Å²) in [4.78, 5) is 12.7. The molecule has 0 aliphatic carbocycles. The van der Waals surface area contributed by atoms with E-state index in [0.29, 0.717) is 17.8 Å². The van der Waals surface area contributed by atoms with Gasteiger partial charge in [0.2, 0.25) is 6.41 Å². The van der Waals surface area contributed by atoms with Crippen LogP contribution < -0.4 is 10.1 Å². The number of fused-ring (bicyclic) bond motifs is 1. The highest BCUT2D eigenvalue weighted by molar-refractivity contribution is 5.95. The van der Waals surface area contributed by atoms with E-state index >= 15 is 0 Å². The molecule has 7 nitrogen and oxygen atoms in total. The summed E-state index contributed by atoms with van der Waals surface area (Å²) in [5, 5.41) is 19.6. The first kappa shape index (κ1) is 29.1. The molecular weight excluding hydrogens is 404 g/mol. The zero-order valence-electron chi connectivity index (χ0n) is 20.6. The van der Waals surface area contributed by atoms with E-state index < -0.39 is 0 Å². The second-order valence-electron chi connectivity index (χ2n) is 6.79. The summed E-state index contributed by atoms with van der Waals surface area (Å²) in [6.07, 6.45) is 1.90. The average molecular weight is 445 g/mol. The minimum absolute atomic E-state index is 0.0156. The number of nitrogens with one attached hydrogen (secondary N) is 2. The Kier molecular flexibility index (Phi) is 16.1. The Morgan fingerprint density at radius 3 is 2.19 bits per heavy atom. The van der Waals surface area contributed by atoms with Crippen LogP contribution in [0.3, 0.4) is 0 Å². The molecule has 0 saturated carbocycles. The molecule has 1 aromatic heterocycles. The Morgan fingerprint density at radius 1 is 1.09 bits per heavy atom. The lowest BCUT2D eigenvalue weighted by Gasteiger charge is -2.05. The van der Waals surface area contributed by atoms with Crippen molar-refractivity contribution in [3.8, 4) is 17.0 Å². The number of anilines is 1. The molecule has 3 aromatic rings. The number of rotatable bonds is 7. The fourth-order valence-corrected chi connectivity index (χ4v) is 2.26. The second kappa shape index (κ2) is 17.7. The van der Waals surface area contributed by atoms with E-state index in [1.54, 1.807) is 0 Å². The SMILES string of the molecule is CC.CCC.CCN(C)C.O=CNc1ccc2[nH]nc(-c3ccc(OCCO)cc3)c2c1. The van der Waals surface area contributed by atoms with Crippen molar-refractivity contribution in [2.24, 2.45) is 0 Å². The molecule has 0 aliphatic rings. The number of aromatic nitrogens is 2. The number of amides is 1. The number of carbonyl (C=O) groups is 1. The Hall–Kier alpha value is -2.90. The molecule has 0 bridgehead atoms. The highest BCUT2D eigenvalue weighted by Crippen LogP contribution is 2.29. The topological polar surface area (TPSA) is 90.5 Å². The minimum Gasteiger partial charge on any atom is -0.491 e. The van der Waals surface area contributed by atoms with Crippen LogP contribution in [0.5, 0.6) is 5.75 Å². The normalized spacial score (nSPS) is 9.53. The molecular formula is C25H40N4O3. The van der Waals surface area contributed by atoms with Crippen LogP contribution >= 0.6 is 0 Å². The highest BCUT2D eigenvalue weighted by atomic mass is 16.5. The number of H-pyrrole nitrogens is 1. The van der Waals surface area contributed by atoms with E-state index in [0.717, 1.165) is 28.7 Å². The van der Waals surface area contributed by atoms with Crippen molar-refractivity contribution in [3.63, 3.8) is 0 Å². The lowest BCUT2D eigenvalue weighted by molar-refractivity contribution is -0.105. The van der Waals surface area contributed by atoms with Gasteiger partial charge in [-0.05, 0) is 63.1 Å². The second-order valence-corrected chi connectivity index (χ2v) is 6.79. The molecule has 32 heavy (non-hydrogen) atoms. The predicted octanol–water partition coefficient (Wildman–Crippen LogP) is 5.18. The third-order valence-corrected chi connectivity index (χ3v) is 3.91. The largest absolute Gasteiger partial charge is 0.491 e. The summed E-state index contributed by atoms with van der Waals surface area (Å²) in [7, 11) is 4.11. The minimum atomic E-state index is -0.0156. The van der Waals surface area contributed by atoms with Gasteiger partial charge in [-0.15, -0.1) is 0 Å². The van der Waals surface area contributed by atoms with Crippen molar-refractivity contribution >= 4 is 23.0 Å². The van der Waals surface area contributed by atoms with Gasteiger partial charge in [-0.1, -0.05) is 41.0 Å². The van der Waals surface area contributed by atoms with Crippen LogP contribution in [0.15, 0.2) is 42.5 Å². The van der Waals surface area contributed by atoms with Crippen LogP contribution in [0.2, 0.25) is 0 Å². The van der Waals surface area contributed by atoms with Gasteiger partial charge in [0.05, 0.1) is 17.8 Å². The van der Waals surface area contributed by atoms with Gasteiger partial charge in [-0.3, -0.25) is 9.89 Å². The number of hydrogen-bond donors (Lipinski definition) is 3. The Morgan fingerprint density at radius 2 is 1.69 bits per heavy atom. The summed E-state index contributed by atoms with van der Waals surface area (Å²) >= 11 is 0. The molecule has 0 atom stereocenters. The molecule has 3 rings (SSSR count). The van der Waals surface area contributed by atoms with E-state index in [2.05, 4.69) is 55.3 Å².